The smallest absolute Gasteiger partial charge is 0.242 e. The van der Waals surface area contributed by atoms with Crippen LogP contribution in [0.2, 0.25) is 0 Å². The second kappa shape index (κ2) is 9.54. The molecular weight excluding hydrogens is 402 g/mol. The van der Waals surface area contributed by atoms with Crippen LogP contribution in [0.15, 0.2) is 48.8 Å². The van der Waals surface area contributed by atoms with Crippen LogP contribution in [0, 0.1) is 17.8 Å². The average Bonchev–Trinajstić information content (AvgIpc) is 2.76. The van der Waals surface area contributed by atoms with Crippen LogP contribution in [0.1, 0.15) is 42.9 Å². The van der Waals surface area contributed by atoms with Gasteiger partial charge in [0.05, 0.1) is 31.7 Å². The van der Waals surface area contributed by atoms with Crippen molar-refractivity contribution in [1.29, 1.82) is 0 Å². The van der Waals surface area contributed by atoms with Gasteiger partial charge in [0.1, 0.15) is 0 Å². The third-order valence-corrected chi connectivity index (χ3v) is 6.22. The number of hydrogen-bond acceptors (Lipinski definition) is 4. The first-order chi connectivity index (χ1) is 15.5. The standard InChI is InChI=1S/C26H29N3O3/c1-18(2)5-3-6-19-8-10-21(11-9-19)26-22-15-28(16-25(32)29(22)23(26)17-30)24(31)13-20-7-4-12-27-14-20/h4,7-12,14,18,22-23,26,30H,5,13,15-17H2,1-2H3/t22-,23-,26-/m0/s1. The van der Waals surface area contributed by atoms with E-state index in [1.165, 1.54) is 0 Å². The highest BCUT2D eigenvalue weighted by molar-refractivity contribution is 5.88. The molecule has 1 aromatic carbocycles. The first-order valence-corrected chi connectivity index (χ1v) is 11.2. The monoisotopic (exact) mass is 431 g/mol. The van der Waals surface area contributed by atoms with Crippen LogP contribution in [0.25, 0.3) is 0 Å². The number of benzene rings is 1. The molecule has 3 atom stereocenters. The molecule has 2 aliphatic heterocycles. The van der Waals surface area contributed by atoms with E-state index in [9.17, 15) is 14.7 Å². The van der Waals surface area contributed by atoms with E-state index in [2.05, 4.69) is 30.7 Å². The lowest BCUT2D eigenvalue weighted by molar-refractivity contribution is -0.166. The quantitative estimate of drug-likeness (QED) is 0.737. The zero-order chi connectivity index (χ0) is 22.7. The van der Waals surface area contributed by atoms with Crippen molar-refractivity contribution in [3.8, 4) is 11.8 Å². The molecule has 3 heterocycles. The van der Waals surface area contributed by atoms with Crippen LogP contribution in [-0.4, -0.2) is 63.5 Å². The summed E-state index contributed by atoms with van der Waals surface area (Å²) < 4.78 is 0. The maximum atomic E-state index is 12.8. The highest BCUT2D eigenvalue weighted by Gasteiger charge is 2.54. The summed E-state index contributed by atoms with van der Waals surface area (Å²) in [5.41, 5.74) is 2.85. The van der Waals surface area contributed by atoms with Gasteiger partial charge in [0.25, 0.3) is 0 Å². The maximum Gasteiger partial charge on any atom is 0.242 e. The molecule has 0 unspecified atom stereocenters. The van der Waals surface area contributed by atoms with Crippen LogP contribution in [0.3, 0.4) is 0 Å². The molecule has 0 bridgehead atoms. The van der Waals surface area contributed by atoms with Crippen LogP contribution >= 0.6 is 0 Å². The maximum absolute atomic E-state index is 12.8. The summed E-state index contributed by atoms with van der Waals surface area (Å²) in [6.07, 6.45) is 4.44. The Morgan fingerprint density at radius 1 is 1.25 bits per heavy atom. The van der Waals surface area contributed by atoms with Crippen LogP contribution in [-0.2, 0) is 16.0 Å². The van der Waals surface area contributed by atoms with Crippen LogP contribution < -0.4 is 0 Å². The highest BCUT2D eigenvalue weighted by atomic mass is 16.3. The van der Waals surface area contributed by atoms with Crippen molar-refractivity contribution in [2.75, 3.05) is 19.7 Å². The topological polar surface area (TPSA) is 73.7 Å². The lowest BCUT2D eigenvalue weighted by Gasteiger charge is -2.58. The SMILES string of the molecule is CC(C)CC#Cc1ccc([C@@H]2[C@H](CO)N3C(=O)CN(C(=O)Cc4cccnc4)C[C@@H]23)cc1. The Morgan fingerprint density at radius 2 is 2.03 bits per heavy atom. The van der Waals surface area contributed by atoms with E-state index in [-0.39, 0.29) is 49.4 Å². The number of aromatic nitrogens is 1. The molecule has 166 valence electrons. The minimum absolute atomic E-state index is 0.00406. The van der Waals surface area contributed by atoms with Gasteiger partial charge in [-0.05, 0) is 35.2 Å². The molecule has 1 N–H and O–H groups in total. The minimum Gasteiger partial charge on any atom is -0.394 e. The molecule has 32 heavy (non-hydrogen) atoms. The van der Waals surface area contributed by atoms with Crippen molar-refractivity contribution in [2.24, 2.45) is 5.92 Å². The fraction of sp³-hybridized carbons (Fsp3) is 0.423. The molecule has 0 saturated carbocycles. The van der Waals surface area contributed by atoms with E-state index in [1.807, 2.05) is 30.3 Å². The summed E-state index contributed by atoms with van der Waals surface area (Å²) >= 11 is 0. The molecule has 6 heteroatoms. The van der Waals surface area contributed by atoms with Gasteiger partial charge in [-0.3, -0.25) is 14.6 Å². The molecule has 2 aromatic rings. The minimum atomic E-state index is -0.249. The Hall–Kier alpha value is -3.17. The Morgan fingerprint density at radius 3 is 2.69 bits per heavy atom. The Labute approximate surface area is 189 Å². The Balaban J connectivity index is 1.48. The lowest BCUT2D eigenvalue weighted by atomic mass is 9.73. The molecule has 4 rings (SSSR count). The number of amides is 2. The van der Waals surface area contributed by atoms with Gasteiger partial charge in [0.15, 0.2) is 0 Å². The summed E-state index contributed by atoms with van der Waals surface area (Å²) in [4.78, 5) is 33.1. The number of rotatable bonds is 5. The number of carbonyl (C=O) groups excluding carboxylic acids is 2. The average molecular weight is 432 g/mol. The number of aliphatic hydroxyl groups is 1. The first-order valence-electron chi connectivity index (χ1n) is 11.2. The predicted octanol–water partition coefficient (Wildman–Crippen LogP) is 2.22. The molecule has 2 amide bonds. The van der Waals surface area contributed by atoms with E-state index in [0.29, 0.717) is 12.5 Å². The molecule has 0 aliphatic carbocycles. The van der Waals surface area contributed by atoms with Gasteiger partial charge in [-0.1, -0.05) is 43.9 Å². The number of aliphatic hydroxyl groups excluding tert-OH is 1. The number of nitrogens with zero attached hydrogens (tertiary/aromatic N) is 3. The van der Waals surface area contributed by atoms with Gasteiger partial charge in [-0.25, -0.2) is 0 Å². The van der Waals surface area contributed by atoms with E-state index in [1.54, 1.807) is 28.3 Å². The lowest BCUT2D eigenvalue weighted by Crippen LogP contribution is -2.73. The molecule has 2 saturated heterocycles. The van der Waals surface area contributed by atoms with Crippen molar-refractivity contribution in [2.45, 2.75) is 44.7 Å². The van der Waals surface area contributed by atoms with E-state index in [0.717, 1.165) is 23.1 Å². The van der Waals surface area contributed by atoms with Gasteiger partial charge in [-0.15, -0.1) is 0 Å². The van der Waals surface area contributed by atoms with Gasteiger partial charge in [0.2, 0.25) is 11.8 Å². The first kappa shape index (κ1) is 22.0. The zero-order valence-corrected chi connectivity index (χ0v) is 18.6. The van der Waals surface area contributed by atoms with E-state index < -0.39 is 0 Å². The largest absolute Gasteiger partial charge is 0.394 e. The summed E-state index contributed by atoms with van der Waals surface area (Å²) in [5.74, 6) is 6.74. The van der Waals surface area contributed by atoms with Crippen molar-refractivity contribution in [1.82, 2.24) is 14.8 Å². The molecule has 0 radical (unpaired) electrons. The summed E-state index contributed by atoms with van der Waals surface area (Å²) in [7, 11) is 0. The number of fused-ring (bicyclic) bond motifs is 1. The molecule has 2 aliphatic rings. The highest BCUT2D eigenvalue weighted by Crippen LogP contribution is 2.42. The van der Waals surface area contributed by atoms with Crippen molar-refractivity contribution in [3.05, 3.63) is 65.5 Å². The van der Waals surface area contributed by atoms with E-state index in [4.69, 9.17) is 0 Å². The number of carbonyl (C=O) groups is 2. The molecule has 1 aromatic heterocycles. The molecule has 0 spiro atoms. The Kier molecular flexibility index (Phi) is 6.57. The van der Waals surface area contributed by atoms with Gasteiger partial charge >= 0.3 is 0 Å². The van der Waals surface area contributed by atoms with Gasteiger partial charge in [0, 0.05) is 36.8 Å². The van der Waals surface area contributed by atoms with E-state index >= 15 is 0 Å². The zero-order valence-electron chi connectivity index (χ0n) is 18.6. The van der Waals surface area contributed by atoms with Crippen LogP contribution in [0.5, 0.6) is 0 Å². The van der Waals surface area contributed by atoms with Crippen molar-refractivity contribution in [3.63, 3.8) is 0 Å². The summed E-state index contributed by atoms with van der Waals surface area (Å²) in [6.45, 7) is 4.73. The fourth-order valence-corrected chi connectivity index (χ4v) is 4.62. The third-order valence-electron chi connectivity index (χ3n) is 6.22. The normalized spacial score (nSPS) is 22.1. The fourth-order valence-electron chi connectivity index (χ4n) is 4.62. The molecular formula is C26H29N3O3. The molecule has 2 fully saturated rings. The summed E-state index contributed by atoms with van der Waals surface area (Å²) in [5, 5.41) is 9.96. The number of pyridine rings is 1. The van der Waals surface area contributed by atoms with Gasteiger partial charge in [-0.2, -0.15) is 0 Å². The number of piperazine rings is 1. The third kappa shape index (κ3) is 4.53. The summed E-state index contributed by atoms with van der Waals surface area (Å²) in [6, 6.07) is 11.4. The second-order valence-corrected chi connectivity index (χ2v) is 8.98. The predicted molar refractivity (Wildman–Crippen MR) is 122 cm³/mol. The molecule has 6 nitrogen and oxygen atoms in total. The van der Waals surface area contributed by atoms with Crippen LogP contribution in [0.4, 0.5) is 0 Å². The van der Waals surface area contributed by atoms with Crippen molar-refractivity contribution >= 4 is 11.8 Å². The van der Waals surface area contributed by atoms with Gasteiger partial charge < -0.3 is 14.9 Å². The number of hydrogen-bond donors (Lipinski definition) is 1. The van der Waals surface area contributed by atoms with Crippen molar-refractivity contribution < 1.29 is 14.7 Å². The second-order valence-electron chi connectivity index (χ2n) is 8.98. The Bertz CT molecular complexity index is 1020.